The van der Waals surface area contributed by atoms with E-state index in [1.54, 1.807) is 0 Å². The molecule has 65 heavy (non-hydrogen) atoms. The Hall–Kier alpha value is -8.73. The van der Waals surface area contributed by atoms with Crippen molar-refractivity contribution in [3.63, 3.8) is 0 Å². The Labute approximate surface area is 372 Å². The molecule has 0 saturated carbocycles. The van der Waals surface area contributed by atoms with Crippen molar-refractivity contribution in [3.05, 3.63) is 229 Å². The van der Waals surface area contributed by atoms with Crippen LogP contribution >= 0.6 is 0 Å². The smallest absolute Gasteiger partial charge is 0.263 e. The van der Waals surface area contributed by atoms with E-state index in [4.69, 9.17) is 4.42 Å². The number of benzene rings is 10. The molecular formula is C61H36N2O2. The van der Waals surface area contributed by atoms with Gasteiger partial charge in [0.15, 0.2) is 0 Å². The fraction of sp³-hybridized carbons (Fsp3) is 0. The van der Waals surface area contributed by atoms with Gasteiger partial charge in [0, 0.05) is 54.2 Å². The van der Waals surface area contributed by atoms with Crippen molar-refractivity contribution in [1.82, 2.24) is 8.97 Å². The standard InChI is InChI=1S/C61H36N2O2/c64-61-50-33-32-39(37-28-30-38(31-29-37)42-21-13-22-49-48-20-7-12-27-58(48)65-60(42)49)34-51(50)53-36-40(35-52-47-19-6-11-26-57(47)63(61)59(52)53)41-14-1-2-15-43(41)44-16-3-8-23-54(44)62-55-24-9-4-17-45(55)46-18-5-10-25-56(46)62/h1-36H. The van der Waals surface area contributed by atoms with Gasteiger partial charge in [0.1, 0.15) is 11.2 Å². The van der Waals surface area contributed by atoms with Gasteiger partial charge in [0.2, 0.25) is 0 Å². The number of aromatic nitrogens is 2. The van der Waals surface area contributed by atoms with Gasteiger partial charge in [-0.05, 0) is 93.4 Å². The second-order valence-electron chi connectivity index (χ2n) is 17.1. The zero-order chi connectivity index (χ0) is 42.8. The largest absolute Gasteiger partial charge is 0.455 e. The second-order valence-corrected chi connectivity index (χ2v) is 17.1. The molecule has 302 valence electrons. The van der Waals surface area contributed by atoms with Gasteiger partial charge in [-0.2, -0.15) is 0 Å². The van der Waals surface area contributed by atoms with Crippen molar-refractivity contribution in [2.45, 2.75) is 0 Å². The van der Waals surface area contributed by atoms with E-state index in [1.807, 2.05) is 28.7 Å². The zero-order valence-corrected chi connectivity index (χ0v) is 35.0. The number of rotatable bonds is 5. The lowest BCUT2D eigenvalue weighted by atomic mass is 9.90. The van der Waals surface area contributed by atoms with Crippen molar-refractivity contribution < 1.29 is 4.42 Å². The van der Waals surface area contributed by atoms with E-state index >= 15 is 0 Å². The molecule has 10 aromatic carbocycles. The molecule has 4 aromatic heterocycles. The van der Waals surface area contributed by atoms with Crippen LogP contribution in [0.25, 0.3) is 132 Å². The van der Waals surface area contributed by atoms with Crippen LogP contribution in [-0.4, -0.2) is 8.97 Å². The summed E-state index contributed by atoms with van der Waals surface area (Å²) in [5, 5.41) is 9.50. The Morgan fingerprint density at radius 2 is 0.846 bits per heavy atom. The first kappa shape index (κ1) is 35.8. The Bertz CT molecular complexity index is 4270. The molecule has 0 fully saturated rings. The van der Waals surface area contributed by atoms with Crippen LogP contribution in [0, 0.1) is 0 Å². The van der Waals surface area contributed by atoms with Crippen molar-refractivity contribution in [3.8, 4) is 50.2 Å². The maximum atomic E-state index is 14.7. The molecule has 0 atom stereocenters. The minimum Gasteiger partial charge on any atom is -0.455 e. The van der Waals surface area contributed by atoms with Gasteiger partial charge in [-0.25, -0.2) is 0 Å². The molecule has 14 rings (SSSR count). The van der Waals surface area contributed by atoms with Gasteiger partial charge >= 0.3 is 0 Å². The van der Waals surface area contributed by atoms with E-state index in [9.17, 15) is 4.79 Å². The summed E-state index contributed by atoms with van der Waals surface area (Å²) in [5.41, 5.74) is 15.9. The highest BCUT2D eigenvalue weighted by atomic mass is 16.3. The minimum atomic E-state index is -0.00668. The van der Waals surface area contributed by atoms with Crippen LogP contribution in [-0.2, 0) is 0 Å². The summed E-state index contributed by atoms with van der Waals surface area (Å²) < 4.78 is 10.7. The third-order valence-corrected chi connectivity index (χ3v) is 13.7. The molecule has 14 aromatic rings. The molecule has 0 saturated heterocycles. The van der Waals surface area contributed by atoms with Crippen molar-refractivity contribution in [1.29, 1.82) is 0 Å². The predicted molar refractivity (Wildman–Crippen MR) is 271 cm³/mol. The third kappa shape index (κ3) is 5.16. The molecule has 0 aliphatic carbocycles. The van der Waals surface area contributed by atoms with Gasteiger partial charge in [-0.1, -0.05) is 164 Å². The Morgan fingerprint density at radius 1 is 0.323 bits per heavy atom. The summed E-state index contributed by atoms with van der Waals surface area (Å²) in [7, 11) is 0. The molecule has 4 nitrogen and oxygen atoms in total. The average Bonchev–Trinajstić information content (AvgIpc) is 4.04. The topological polar surface area (TPSA) is 39.5 Å². The van der Waals surface area contributed by atoms with E-state index in [0.717, 1.165) is 105 Å². The lowest BCUT2D eigenvalue weighted by molar-refractivity contribution is 0.670. The SMILES string of the molecule is O=c1c2ccc(-c3ccc(-c4cccc5c4oc4ccccc45)cc3)cc2c2cc(-c3ccccc3-c3ccccc3-n3c4ccccc4c4ccccc43)cc3c4ccccc4n1c23. The van der Waals surface area contributed by atoms with Crippen LogP contribution in [0.15, 0.2) is 228 Å². The lowest BCUT2D eigenvalue weighted by Gasteiger charge is -2.17. The molecule has 0 bridgehead atoms. The Balaban J connectivity index is 0.967. The van der Waals surface area contributed by atoms with E-state index in [2.05, 4.69) is 199 Å². The van der Waals surface area contributed by atoms with E-state index in [-0.39, 0.29) is 5.56 Å². The highest BCUT2D eigenvalue weighted by Crippen LogP contribution is 2.44. The number of furan rings is 1. The van der Waals surface area contributed by atoms with Gasteiger partial charge in [0.25, 0.3) is 5.56 Å². The fourth-order valence-corrected chi connectivity index (χ4v) is 10.8. The van der Waals surface area contributed by atoms with Crippen LogP contribution < -0.4 is 5.56 Å². The lowest BCUT2D eigenvalue weighted by Crippen LogP contribution is -2.13. The summed E-state index contributed by atoms with van der Waals surface area (Å²) in [4.78, 5) is 14.7. The van der Waals surface area contributed by atoms with E-state index < -0.39 is 0 Å². The molecule has 0 aliphatic heterocycles. The predicted octanol–water partition coefficient (Wildman–Crippen LogP) is 15.9. The van der Waals surface area contributed by atoms with Gasteiger partial charge in [-0.15, -0.1) is 0 Å². The first-order valence-corrected chi connectivity index (χ1v) is 22.1. The molecule has 4 heteroatoms. The molecule has 0 N–H and O–H groups in total. The summed E-state index contributed by atoms with van der Waals surface area (Å²) in [6.45, 7) is 0. The van der Waals surface area contributed by atoms with E-state index in [0.29, 0.717) is 5.39 Å². The molecule has 4 heterocycles. The van der Waals surface area contributed by atoms with Gasteiger partial charge < -0.3 is 8.98 Å². The number of nitrogens with zero attached hydrogens (tertiary/aromatic N) is 2. The number of fused-ring (bicyclic) bond motifs is 11. The molecule has 0 unspecified atom stereocenters. The first-order valence-electron chi connectivity index (χ1n) is 22.1. The third-order valence-electron chi connectivity index (χ3n) is 13.7. The highest BCUT2D eigenvalue weighted by Gasteiger charge is 2.22. The summed E-state index contributed by atoms with van der Waals surface area (Å²) in [5.74, 6) is 0. The summed E-state index contributed by atoms with van der Waals surface area (Å²) in [6.07, 6.45) is 0. The maximum absolute atomic E-state index is 14.7. The number of pyridine rings is 1. The summed E-state index contributed by atoms with van der Waals surface area (Å²) >= 11 is 0. The molecule has 0 amide bonds. The van der Waals surface area contributed by atoms with E-state index in [1.165, 1.54) is 21.8 Å². The first-order chi connectivity index (χ1) is 32.2. The fourth-order valence-electron chi connectivity index (χ4n) is 10.8. The molecule has 0 aliphatic rings. The van der Waals surface area contributed by atoms with Crippen LogP contribution in [0.5, 0.6) is 0 Å². The van der Waals surface area contributed by atoms with Gasteiger partial charge in [-0.3, -0.25) is 9.20 Å². The highest BCUT2D eigenvalue weighted by molar-refractivity contribution is 6.22. The van der Waals surface area contributed by atoms with Crippen LogP contribution in [0.3, 0.4) is 0 Å². The number of hydrogen-bond donors (Lipinski definition) is 0. The van der Waals surface area contributed by atoms with Crippen molar-refractivity contribution in [2.75, 3.05) is 0 Å². The quantitative estimate of drug-likeness (QED) is 0.162. The number of para-hydroxylation sites is 6. The van der Waals surface area contributed by atoms with Crippen molar-refractivity contribution in [2.24, 2.45) is 0 Å². The van der Waals surface area contributed by atoms with Crippen LogP contribution in [0.1, 0.15) is 0 Å². The second kappa shape index (κ2) is 13.6. The zero-order valence-electron chi connectivity index (χ0n) is 35.0. The van der Waals surface area contributed by atoms with Crippen molar-refractivity contribution >= 4 is 81.7 Å². The molecular weight excluding hydrogens is 793 g/mol. The average molecular weight is 829 g/mol. The van der Waals surface area contributed by atoms with Crippen LogP contribution in [0.2, 0.25) is 0 Å². The Morgan fingerprint density at radius 3 is 1.60 bits per heavy atom. The molecule has 0 radical (unpaired) electrons. The van der Waals surface area contributed by atoms with Gasteiger partial charge in [0.05, 0.1) is 27.8 Å². The monoisotopic (exact) mass is 828 g/mol. The minimum absolute atomic E-state index is 0.00668. The number of hydrogen-bond acceptors (Lipinski definition) is 2. The maximum Gasteiger partial charge on any atom is 0.263 e. The van der Waals surface area contributed by atoms with Crippen LogP contribution in [0.4, 0.5) is 0 Å². The normalized spacial score (nSPS) is 12.1. The summed E-state index contributed by atoms with van der Waals surface area (Å²) in [6, 6.07) is 77.4. The Kier molecular flexibility index (Phi) is 7.51. The molecule has 0 spiro atoms.